The van der Waals surface area contributed by atoms with Crippen molar-refractivity contribution in [2.45, 2.75) is 6.54 Å². The Bertz CT molecular complexity index is 887. The Labute approximate surface area is 157 Å². The van der Waals surface area contributed by atoms with E-state index < -0.39 is 0 Å². The fraction of sp³-hybridized carbons (Fsp3) is 0.250. The molecule has 1 aromatic carbocycles. The minimum absolute atomic E-state index is 0.00396. The highest BCUT2D eigenvalue weighted by atomic mass is 16.5. The first kappa shape index (κ1) is 17.2. The van der Waals surface area contributed by atoms with Crippen molar-refractivity contribution in [1.29, 1.82) is 0 Å². The van der Waals surface area contributed by atoms with E-state index in [1.807, 2.05) is 41.2 Å². The van der Waals surface area contributed by atoms with E-state index in [0.717, 1.165) is 17.1 Å². The minimum atomic E-state index is 0.00396. The van der Waals surface area contributed by atoms with Gasteiger partial charge in [-0.25, -0.2) is 9.67 Å². The molecule has 0 spiro atoms. The lowest BCUT2D eigenvalue weighted by atomic mass is 10.2. The Balaban J connectivity index is 1.38. The van der Waals surface area contributed by atoms with Gasteiger partial charge in [-0.2, -0.15) is 5.10 Å². The molecule has 2 aromatic heterocycles. The number of benzene rings is 1. The van der Waals surface area contributed by atoms with E-state index in [1.54, 1.807) is 17.3 Å². The topological polar surface area (TPSA) is 72.3 Å². The van der Waals surface area contributed by atoms with Crippen molar-refractivity contribution in [1.82, 2.24) is 19.7 Å². The van der Waals surface area contributed by atoms with Crippen LogP contribution in [0.1, 0.15) is 15.9 Å². The van der Waals surface area contributed by atoms with E-state index in [0.29, 0.717) is 38.4 Å². The van der Waals surface area contributed by atoms with Gasteiger partial charge in [-0.05, 0) is 35.9 Å². The zero-order valence-corrected chi connectivity index (χ0v) is 14.9. The summed E-state index contributed by atoms with van der Waals surface area (Å²) < 4.78 is 7.11. The molecule has 0 aliphatic carbocycles. The molecular formula is C20H21N5O2. The summed E-state index contributed by atoms with van der Waals surface area (Å²) in [5.41, 5.74) is 2.74. The monoisotopic (exact) mass is 363 g/mol. The lowest BCUT2D eigenvalue weighted by molar-refractivity contribution is 0.0302. The number of nitrogens with one attached hydrogen (secondary N) is 1. The number of rotatable bonds is 5. The Morgan fingerprint density at radius 2 is 2.04 bits per heavy atom. The summed E-state index contributed by atoms with van der Waals surface area (Å²) in [7, 11) is 0. The van der Waals surface area contributed by atoms with Crippen LogP contribution < -0.4 is 5.32 Å². The Kier molecular flexibility index (Phi) is 5.11. The number of morpholine rings is 1. The normalized spacial score (nSPS) is 14.1. The number of carbonyl (C=O) groups is 1. The summed E-state index contributed by atoms with van der Waals surface area (Å²) in [5, 5.41) is 7.54. The van der Waals surface area contributed by atoms with Crippen LogP contribution >= 0.6 is 0 Å². The molecule has 0 saturated carbocycles. The number of anilines is 1. The minimum Gasteiger partial charge on any atom is -0.378 e. The van der Waals surface area contributed by atoms with Crippen LogP contribution in [0.25, 0.3) is 5.69 Å². The van der Waals surface area contributed by atoms with Crippen LogP contribution in [0, 0.1) is 0 Å². The van der Waals surface area contributed by atoms with Crippen molar-refractivity contribution in [3.05, 3.63) is 72.2 Å². The smallest absolute Gasteiger partial charge is 0.255 e. The molecule has 0 radical (unpaired) electrons. The molecule has 0 bridgehead atoms. The van der Waals surface area contributed by atoms with Gasteiger partial charge in [-0.1, -0.05) is 12.1 Å². The number of ether oxygens (including phenoxy) is 1. The number of nitrogens with zero attached hydrogens (tertiary/aromatic N) is 4. The molecule has 27 heavy (non-hydrogen) atoms. The first-order chi connectivity index (χ1) is 13.3. The van der Waals surface area contributed by atoms with E-state index >= 15 is 0 Å². The van der Waals surface area contributed by atoms with Gasteiger partial charge in [0.2, 0.25) is 0 Å². The number of aromatic nitrogens is 3. The predicted molar refractivity (Wildman–Crippen MR) is 102 cm³/mol. The molecule has 0 unspecified atom stereocenters. The lowest BCUT2D eigenvalue weighted by Gasteiger charge is -2.26. The fourth-order valence-electron chi connectivity index (χ4n) is 3.00. The van der Waals surface area contributed by atoms with Crippen molar-refractivity contribution in [3.8, 4) is 5.69 Å². The van der Waals surface area contributed by atoms with Crippen LogP contribution in [-0.2, 0) is 11.3 Å². The second kappa shape index (κ2) is 8.01. The van der Waals surface area contributed by atoms with E-state index in [9.17, 15) is 4.79 Å². The van der Waals surface area contributed by atoms with Crippen molar-refractivity contribution < 1.29 is 9.53 Å². The summed E-state index contributed by atoms with van der Waals surface area (Å²) >= 11 is 0. The molecule has 7 heteroatoms. The molecule has 1 aliphatic heterocycles. The van der Waals surface area contributed by atoms with Gasteiger partial charge in [0.15, 0.2) is 0 Å². The third-order valence-electron chi connectivity index (χ3n) is 4.46. The zero-order valence-electron chi connectivity index (χ0n) is 14.9. The van der Waals surface area contributed by atoms with E-state index in [-0.39, 0.29) is 5.91 Å². The van der Waals surface area contributed by atoms with Crippen LogP contribution in [0.4, 0.5) is 5.82 Å². The molecule has 4 rings (SSSR count). The van der Waals surface area contributed by atoms with Gasteiger partial charge in [0.25, 0.3) is 5.91 Å². The Morgan fingerprint density at radius 3 is 2.78 bits per heavy atom. The summed E-state index contributed by atoms with van der Waals surface area (Å²) in [6.45, 7) is 3.09. The lowest BCUT2D eigenvalue weighted by Crippen LogP contribution is -2.40. The highest BCUT2D eigenvalue weighted by molar-refractivity contribution is 5.94. The van der Waals surface area contributed by atoms with Crippen molar-refractivity contribution in [3.63, 3.8) is 0 Å². The maximum absolute atomic E-state index is 12.4. The summed E-state index contributed by atoms with van der Waals surface area (Å²) in [4.78, 5) is 18.6. The number of amides is 1. The highest BCUT2D eigenvalue weighted by Gasteiger charge is 2.18. The van der Waals surface area contributed by atoms with Gasteiger partial charge >= 0.3 is 0 Å². The third-order valence-corrected chi connectivity index (χ3v) is 4.46. The highest BCUT2D eigenvalue weighted by Crippen LogP contribution is 2.13. The first-order valence-electron chi connectivity index (χ1n) is 8.95. The van der Waals surface area contributed by atoms with Crippen LogP contribution in [0.5, 0.6) is 0 Å². The van der Waals surface area contributed by atoms with Crippen LogP contribution in [0.3, 0.4) is 0 Å². The molecule has 3 heterocycles. The van der Waals surface area contributed by atoms with Gasteiger partial charge in [0, 0.05) is 38.2 Å². The van der Waals surface area contributed by atoms with Gasteiger partial charge in [-0.15, -0.1) is 0 Å². The SMILES string of the molecule is O=C(c1ccc(NCc2cccc(-n3cccn3)c2)nc1)N1CCOCC1. The molecule has 3 aromatic rings. The number of pyridine rings is 1. The second-order valence-corrected chi connectivity index (χ2v) is 6.31. The van der Waals surface area contributed by atoms with Crippen LogP contribution in [0.2, 0.25) is 0 Å². The Hall–Kier alpha value is -3.19. The fourth-order valence-corrected chi connectivity index (χ4v) is 3.00. The van der Waals surface area contributed by atoms with Crippen LogP contribution in [-0.4, -0.2) is 51.9 Å². The average Bonchev–Trinajstić information content (AvgIpc) is 3.28. The molecule has 1 N–H and O–H groups in total. The molecule has 0 atom stereocenters. The predicted octanol–water partition coefficient (Wildman–Crippen LogP) is 2.35. The number of hydrogen-bond acceptors (Lipinski definition) is 5. The van der Waals surface area contributed by atoms with E-state index in [4.69, 9.17) is 4.74 Å². The summed E-state index contributed by atoms with van der Waals surface area (Å²) in [6.07, 6.45) is 5.30. The van der Waals surface area contributed by atoms with Crippen molar-refractivity contribution in [2.75, 3.05) is 31.6 Å². The van der Waals surface area contributed by atoms with Gasteiger partial charge < -0.3 is 15.0 Å². The van der Waals surface area contributed by atoms with Gasteiger partial charge in [-0.3, -0.25) is 4.79 Å². The quantitative estimate of drug-likeness (QED) is 0.753. The van der Waals surface area contributed by atoms with Crippen molar-refractivity contribution in [2.24, 2.45) is 0 Å². The molecule has 1 fully saturated rings. The number of carbonyl (C=O) groups excluding carboxylic acids is 1. The third kappa shape index (κ3) is 4.15. The zero-order chi connectivity index (χ0) is 18.5. The first-order valence-corrected chi connectivity index (χ1v) is 8.95. The van der Waals surface area contributed by atoms with E-state index in [2.05, 4.69) is 27.5 Å². The average molecular weight is 363 g/mol. The second-order valence-electron chi connectivity index (χ2n) is 6.31. The summed E-state index contributed by atoms with van der Waals surface area (Å²) in [6, 6.07) is 13.7. The molecule has 7 nitrogen and oxygen atoms in total. The number of hydrogen-bond donors (Lipinski definition) is 1. The van der Waals surface area contributed by atoms with E-state index in [1.165, 1.54) is 0 Å². The maximum Gasteiger partial charge on any atom is 0.255 e. The molecule has 138 valence electrons. The maximum atomic E-state index is 12.4. The van der Waals surface area contributed by atoms with Gasteiger partial charge in [0.1, 0.15) is 5.82 Å². The Morgan fingerprint density at radius 1 is 1.15 bits per heavy atom. The molecule has 1 aliphatic rings. The van der Waals surface area contributed by atoms with Gasteiger partial charge in [0.05, 0.1) is 24.5 Å². The molecular weight excluding hydrogens is 342 g/mol. The standard InChI is InChI=1S/C20H21N5O2/c26-20(24-9-11-27-12-10-24)17-5-6-19(22-15-17)21-14-16-3-1-4-18(13-16)25-8-2-7-23-25/h1-8,13,15H,9-12,14H2,(H,21,22). The summed E-state index contributed by atoms with van der Waals surface area (Å²) in [5.74, 6) is 0.738. The molecule has 1 saturated heterocycles. The largest absolute Gasteiger partial charge is 0.378 e. The van der Waals surface area contributed by atoms with Crippen LogP contribution in [0.15, 0.2) is 61.1 Å². The van der Waals surface area contributed by atoms with Crippen molar-refractivity contribution >= 4 is 11.7 Å². The molecule has 1 amide bonds.